The number of oxazole rings is 1. The van der Waals surface area contributed by atoms with Crippen molar-refractivity contribution >= 4 is 28.6 Å². The molecule has 2 fully saturated rings. The number of aromatic nitrogens is 1. The summed E-state index contributed by atoms with van der Waals surface area (Å²) >= 11 is 0. The maximum atomic E-state index is 12.6. The van der Waals surface area contributed by atoms with Crippen LogP contribution in [0.2, 0.25) is 0 Å². The van der Waals surface area contributed by atoms with E-state index in [-0.39, 0.29) is 24.2 Å². The van der Waals surface area contributed by atoms with Crippen LogP contribution in [-0.2, 0) is 14.3 Å². The quantitative estimate of drug-likeness (QED) is 0.850. The number of fused-ring (bicyclic) bond motifs is 1. The highest BCUT2D eigenvalue weighted by Gasteiger charge is 2.34. The number of ether oxygens (including phenoxy) is 1. The molecule has 0 radical (unpaired) electrons. The largest absolute Gasteiger partial charge is 0.441 e. The highest BCUT2D eigenvalue weighted by Crippen LogP contribution is 2.23. The number of likely N-dealkylation sites (tertiary alicyclic amines) is 1. The van der Waals surface area contributed by atoms with Gasteiger partial charge in [-0.15, -0.1) is 0 Å². The minimum Gasteiger partial charge on any atom is -0.441 e. The molecule has 0 bridgehead atoms. The van der Waals surface area contributed by atoms with Crippen LogP contribution in [0.25, 0.3) is 11.1 Å². The second kappa shape index (κ2) is 7.66. The third kappa shape index (κ3) is 4.12. The monoisotopic (exact) mass is 372 g/mol. The summed E-state index contributed by atoms with van der Waals surface area (Å²) in [7, 11) is 0. The van der Waals surface area contributed by atoms with Crippen LogP contribution in [0.1, 0.15) is 12.3 Å². The lowest BCUT2D eigenvalue weighted by Crippen LogP contribution is -2.42. The van der Waals surface area contributed by atoms with Crippen molar-refractivity contribution in [3.05, 3.63) is 24.1 Å². The summed E-state index contributed by atoms with van der Waals surface area (Å²) in [5, 5.41) is 2.91. The molecule has 1 N–H and O–H groups in total. The van der Waals surface area contributed by atoms with Crippen LogP contribution >= 0.6 is 0 Å². The number of anilines is 1. The van der Waals surface area contributed by atoms with Gasteiger partial charge in [0.2, 0.25) is 11.8 Å². The third-order valence-corrected chi connectivity index (χ3v) is 5.14. The van der Waals surface area contributed by atoms with Gasteiger partial charge >= 0.3 is 0 Å². The van der Waals surface area contributed by atoms with Crippen LogP contribution in [0.3, 0.4) is 0 Å². The lowest BCUT2D eigenvalue weighted by Gasteiger charge is -2.28. The SMILES string of the molecule is Cc1nc2cc(NC(=O)C3CC(=O)N(CCN4CCOCC4)C3)ccc2o1. The van der Waals surface area contributed by atoms with Crippen molar-refractivity contribution in [1.29, 1.82) is 0 Å². The van der Waals surface area contributed by atoms with Gasteiger partial charge in [0, 0.05) is 51.8 Å². The van der Waals surface area contributed by atoms with E-state index in [9.17, 15) is 9.59 Å². The Morgan fingerprint density at radius 2 is 2.11 bits per heavy atom. The zero-order valence-corrected chi connectivity index (χ0v) is 15.4. The van der Waals surface area contributed by atoms with Gasteiger partial charge in [-0.1, -0.05) is 0 Å². The van der Waals surface area contributed by atoms with Crippen LogP contribution < -0.4 is 5.32 Å². The molecule has 0 saturated carbocycles. The average Bonchev–Trinajstić information content (AvgIpc) is 3.22. The first kappa shape index (κ1) is 17.9. The molecule has 2 saturated heterocycles. The van der Waals surface area contributed by atoms with Gasteiger partial charge in [-0.2, -0.15) is 0 Å². The van der Waals surface area contributed by atoms with Gasteiger partial charge in [0.05, 0.1) is 19.1 Å². The van der Waals surface area contributed by atoms with Crippen molar-refractivity contribution in [3.63, 3.8) is 0 Å². The van der Waals surface area contributed by atoms with E-state index < -0.39 is 0 Å². The lowest BCUT2D eigenvalue weighted by atomic mass is 10.1. The van der Waals surface area contributed by atoms with E-state index in [0.717, 1.165) is 32.8 Å². The maximum Gasteiger partial charge on any atom is 0.229 e. The molecule has 3 heterocycles. The van der Waals surface area contributed by atoms with E-state index in [1.807, 2.05) is 0 Å². The summed E-state index contributed by atoms with van der Waals surface area (Å²) in [5.74, 6) is 0.186. The fourth-order valence-corrected chi connectivity index (χ4v) is 3.62. The Labute approximate surface area is 157 Å². The van der Waals surface area contributed by atoms with Crippen LogP contribution in [-0.4, -0.2) is 72.5 Å². The van der Waals surface area contributed by atoms with Gasteiger partial charge in [-0.05, 0) is 18.2 Å². The second-order valence-corrected chi connectivity index (χ2v) is 7.10. The van der Waals surface area contributed by atoms with Gasteiger partial charge in [-0.3, -0.25) is 14.5 Å². The van der Waals surface area contributed by atoms with Gasteiger partial charge in [0.15, 0.2) is 11.5 Å². The van der Waals surface area contributed by atoms with E-state index >= 15 is 0 Å². The van der Waals surface area contributed by atoms with E-state index in [1.165, 1.54) is 0 Å². The zero-order valence-electron chi connectivity index (χ0n) is 15.4. The van der Waals surface area contributed by atoms with Crippen molar-refractivity contribution in [1.82, 2.24) is 14.8 Å². The summed E-state index contributed by atoms with van der Waals surface area (Å²) in [6.45, 7) is 7.03. The zero-order chi connectivity index (χ0) is 18.8. The minimum atomic E-state index is -0.322. The van der Waals surface area contributed by atoms with E-state index in [1.54, 1.807) is 30.0 Å². The smallest absolute Gasteiger partial charge is 0.229 e. The van der Waals surface area contributed by atoms with Gasteiger partial charge in [0.1, 0.15) is 5.52 Å². The fourth-order valence-electron chi connectivity index (χ4n) is 3.62. The number of nitrogens with zero attached hydrogens (tertiary/aromatic N) is 3. The van der Waals surface area contributed by atoms with E-state index in [4.69, 9.17) is 9.15 Å². The Morgan fingerprint density at radius 1 is 1.30 bits per heavy atom. The Hall–Kier alpha value is -2.45. The maximum absolute atomic E-state index is 12.6. The Kier molecular flexibility index (Phi) is 5.09. The van der Waals surface area contributed by atoms with Crippen molar-refractivity contribution in [3.8, 4) is 0 Å². The number of nitrogens with one attached hydrogen (secondary N) is 1. The molecule has 1 unspecified atom stereocenters. The molecule has 2 aliphatic heterocycles. The standard InChI is InChI=1S/C19H24N4O4/c1-13-20-16-11-15(2-3-17(16)27-13)21-19(25)14-10-18(24)23(12-14)5-4-22-6-8-26-9-7-22/h2-3,11,14H,4-10,12H2,1H3,(H,21,25). The van der Waals surface area contributed by atoms with Crippen molar-refractivity contribution < 1.29 is 18.7 Å². The molecule has 2 amide bonds. The lowest BCUT2D eigenvalue weighted by molar-refractivity contribution is -0.128. The van der Waals surface area contributed by atoms with Crippen LogP contribution in [0.4, 0.5) is 5.69 Å². The molecular weight excluding hydrogens is 348 g/mol. The second-order valence-electron chi connectivity index (χ2n) is 7.10. The molecule has 2 aliphatic rings. The molecule has 1 atom stereocenters. The molecular formula is C19H24N4O4. The summed E-state index contributed by atoms with van der Waals surface area (Å²) in [6, 6.07) is 5.37. The number of morpholine rings is 1. The van der Waals surface area contributed by atoms with Crippen molar-refractivity contribution in [2.45, 2.75) is 13.3 Å². The van der Waals surface area contributed by atoms with Gasteiger partial charge < -0.3 is 19.4 Å². The molecule has 144 valence electrons. The fraction of sp³-hybridized carbons (Fsp3) is 0.526. The molecule has 0 aliphatic carbocycles. The first-order valence-corrected chi connectivity index (χ1v) is 9.34. The number of hydrogen-bond donors (Lipinski definition) is 1. The molecule has 4 rings (SSSR count). The Bertz CT molecular complexity index is 843. The third-order valence-electron chi connectivity index (χ3n) is 5.14. The molecule has 8 nitrogen and oxygen atoms in total. The first-order chi connectivity index (χ1) is 13.1. The predicted molar refractivity (Wildman–Crippen MR) is 99.3 cm³/mol. The predicted octanol–water partition coefficient (Wildman–Crippen LogP) is 1.26. The number of aryl methyl sites for hydroxylation is 1. The summed E-state index contributed by atoms with van der Waals surface area (Å²) in [4.78, 5) is 33.2. The van der Waals surface area contributed by atoms with Crippen LogP contribution in [0.5, 0.6) is 0 Å². The number of amides is 2. The topological polar surface area (TPSA) is 87.9 Å². The number of rotatable bonds is 5. The summed E-state index contributed by atoms with van der Waals surface area (Å²) in [5.41, 5.74) is 2.07. The number of hydrogen-bond acceptors (Lipinski definition) is 6. The van der Waals surface area contributed by atoms with E-state index in [0.29, 0.717) is 35.8 Å². The summed E-state index contributed by atoms with van der Waals surface area (Å²) in [6.07, 6.45) is 0.264. The molecule has 27 heavy (non-hydrogen) atoms. The summed E-state index contributed by atoms with van der Waals surface area (Å²) < 4.78 is 10.8. The molecule has 0 spiro atoms. The number of benzene rings is 1. The van der Waals surface area contributed by atoms with Crippen LogP contribution in [0, 0.1) is 12.8 Å². The highest BCUT2D eigenvalue weighted by molar-refractivity contribution is 5.98. The minimum absolute atomic E-state index is 0.0472. The van der Waals surface area contributed by atoms with E-state index in [2.05, 4.69) is 15.2 Å². The Balaban J connectivity index is 1.32. The normalized spacial score (nSPS) is 21.1. The van der Waals surface area contributed by atoms with Gasteiger partial charge in [0.25, 0.3) is 0 Å². The Morgan fingerprint density at radius 3 is 2.93 bits per heavy atom. The van der Waals surface area contributed by atoms with Crippen LogP contribution in [0.15, 0.2) is 22.6 Å². The molecule has 2 aromatic rings. The average molecular weight is 372 g/mol. The molecule has 1 aromatic heterocycles. The first-order valence-electron chi connectivity index (χ1n) is 9.34. The van der Waals surface area contributed by atoms with Crippen molar-refractivity contribution in [2.75, 3.05) is 51.3 Å². The highest BCUT2D eigenvalue weighted by atomic mass is 16.5. The molecule has 8 heteroatoms. The number of carbonyl (C=O) groups excluding carboxylic acids is 2. The molecule has 1 aromatic carbocycles. The van der Waals surface area contributed by atoms with Gasteiger partial charge in [-0.25, -0.2) is 4.98 Å². The van der Waals surface area contributed by atoms with Crippen molar-refractivity contribution in [2.24, 2.45) is 5.92 Å². The number of carbonyl (C=O) groups is 2.